The summed E-state index contributed by atoms with van der Waals surface area (Å²) in [6.45, 7) is 4.56. The topological polar surface area (TPSA) is 67.9 Å². The SMILES string of the molecule is C[C@H]1CN(S(=O)(=O)c2ccc3c(c2)OCCO3)CCN1. The monoisotopic (exact) mass is 298 g/mol. The number of piperazine rings is 1. The van der Waals surface area contributed by atoms with Crippen molar-refractivity contribution in [2.75, 3.05) is 32.8 Å². The molecule has 1 atom stereocenters. The van der Waals surface area contributed by atoms with Crippen molar-refractivity contribution < 1.29 is 17.9 Å². The van der Waals surface area contributed by atoms with E-state index in [1.165, 1.54) is 4.31 Å². The van der Waals surface area contributed by atoms with Crippen LogP contribution in [0.3, 0.4) is 0 Å². The molecule has 0 aliphatic carbocycles. The highest BCUT2D eigenvalue weighted by atomic mass is 32.2. The van der Waals surface area contributed by atoms with Crippen LogP contribution in [0, 0.1) is 0 Å². The van der Waals surface area contributed by atoms with Crippen molar-refractivity contribution in [1.82, 2.24) is 9.62 Å². The lowest BCUT2D eigenvalue weighted by Crippen LogP contribution is -2.51. The van der Waals surface area contributed by atoms with E-state index in [4.69, 9.17) is 9.47 Å². The molecule has 110 valence electrons. The molecule has 0 unspecified atom stereocenters. The number of benzene rings is 1. The van der Waals surface area contributed by atoms with Crippen molar-refractivity contribution in [2.45, 2.75) is 17.9 Å². The van der Waals surface area contributed by atoms with Crippen molar-refractivity contribution in [2.24, 2.45) is 0 Å². The molecule has 3 rings (SSSR count). The summed E-state index contributed by atoms with van der Waals surface area (Å²) in [4.78, 5) is 0.260. The fourth-order valence-corrected chi connectivity index (χ4v) is 3.99. The third kappa shape index (κ3) is 2.48. The molecule has 7 heteroatoms. The van der Waals surface area contributed by atoms with E-state index in [1.807, 2.05) is 6.92 Å². The highest BCUT2D eigenvalue weighted by Crippen LogP contribution is 2.33. The molecule has 6 nitrogen and oxygen atoms in total. The van der Waals surface area contributed by atoms with Crippen LogP contribution in [0.4, 0.5) is 0 Å². The molecular weight excluding hydrogens is 280 g/mol. The second kappa shape index (κ2) is 5.23. The number of ether oxygens (including phenoxy) is 2. The number of hydrogen-bond donors (Lipinski definition) is 1. The summed E-state index contributed by atoms with van der Waals surface area (Å²) in [7, 11) is -3.47. The zero-order valence-electron chi connectivity index (χ0n) is 11.3. The number of sulfonamides is 1. The predicted octanol–water partition coefficient (Wildman–Crippen LogP) is 0.440. The zero-order valence-corrected chi connectivity index (χ0v) is 12.1. The maximum atomic E-state index is 12.6. The van der Waals surface area contributed by atoms with Crippen molar-refractivity contribution in [1.29, 1.82) is 0 Å². The van der Waals surface area contributed by atoms with E-state index in [9.17, 15) is 8.42 Å². The Morgan fingerprint density at radius 1 is 1.25 bits per heavy atom. The van der Waals surface area contributed by atoms with E-state index in [1.54, 1.807) is 18.2 Å². The van der Waals surface area contributed by atoms with Gasteiger partial charge in [0.25, 0.3) is 0 Å². The maximum Gasteiger partial charge on any atom is 0.243 e. The normalized spacial score (nSPS) is 23.6. The van der Waals surface area contributed by atoms with Crippen molar-refractivity contribution >= 4 is 10.0 Å². The van der Waals surface area contributed by atoms with Crippen LogP contribution in [-0.2, 0) is 10.0 Å². The summed E-state index contributed by atoms with van der Waals surface area (Å²) in [5.74, 6) is 1.10. The van der Waals surface area contributed by atoms with Gasteiger partial charge in [0.05, 0.1) is 4.90 Å². The third-order valence-electron chi connectivity index (χ3n) is 3.48. The largest absolute Gasteiger partial charge is 0.486 e. The molecule has 1 aromatic carbocycles. The van der Waals surface area contributed by atoms with Crippen LogP contribution >= 0.6 is 0 Å². The average molecular weight is 298 g/mol. The Morgan fingerprint density at radius 2 is 2.00 bits per heavy atom. The smallest absolute Gasteiger partial charge is 0.243 e. The Kier molecular flexibility index (Phi) is 3.57. The first-order chi connectivity index (χ1) is 9.57. The van der Waals surface area contributed by atoms with Crippen LogP contribution in [-0.4, -0.2) is 51.6 Å². The lowest BCUT2D eigenvalue weighted by Gasteiger charge is -2.31. The Labute approximate surface area is 118 Å². The first-order valence-electron chi connectivity index (χ1n) is 6.70. The van der Waals surface area contributed by atoms with E-state index < -0.39 is 10.0 Å². The molecule has 2 aliphatic heterocycles. The highest BCUT2D eigenvalue weighted by molar-refractivity contribution is 7.89. The molecule has 0 radical (unpaired) electrons. The molecule has 2 heterocycles. The Morgan fingerprint density at radius 3 is 2.75 bits per heavy atom. The molecule has 0 aromatic heterocycles. The van der Waals surface area contributed by atoms with Crippen LogP contribution in [0.25, 0.3) is 0 Å². The molecule has 0 bridgehead atoms. The number of rotatable bonds is 2. The fourth-order valence-electron chi connectivity index (χ4n) is 2.45. The third-order valence-corrected chi connectivity index (χ3v) is 5.34. The molecule has 1 saturated heterocycles. The van der Waals surface area contributed by atoms with Gasteiger partial charge in [0.2, 0.25) is 10.0 Å². The molecule has 0 saturated carbocycles. The van der Waals surface area contributed by atoms with Gasteiger partial charge in [-0.25, -0.2) is 8.42 Å². The summed E-state index contributed by atoms with van der Waals surface area (Å²) < 4.78 is 37.6. The van der Waals surface area contributed by atoms with E-state index in [0.717, 1.165) is 0 Å². The Hall–Kier alpha value is -1.31. The molecule has 0 amide bonds. The predicted molar refractivity (Wildman–Crippen MR) is 73.7 cm³/mol. The van der Waals surface area contributed by atoms with Crippen molar-refractivity contribution in [3.8, 4) is 11.5 Å². The summed E-state index contributed by atoms with van der Waals surface area (Å²) in [5.41, 5.74) is 0. The van der Waals surface area contributed by atoms with Gasteiger partial charge in [-0.05, 0) is 19.1 Å². The Balaban J connectivity index is 1.90. The molecule has 0 spiro atoms. The molecule has 1 fully saturated rings. The van der Waals surface area contributed by atoms with Gasteiger partial charge in [0.15, 0.2) is 11.5 Å². The minimum absolute atomic E-state index is 0.163. The van der Waals surface area contributed by atoms with E-state index in [-0.39, 0.29) is 10.9 Å². The molecular formula is C13H18N2O4S. The lowest BCUT2D eigenvalue weighted by atomic mass is 10.3. The minimum atomic E-state index is -3.47. The van der Waals surface area contributed by atoms with Crippen LogP contribution < -0.4 is 14.8 Å². The summed E-state index contributed by atoms with van der Waals surface area (Å²) in [5, 5.41) is 3.23. The molecule has 1 aromatic rings. The molecule has 20 heavy (non-hydrogen) atoms. The number of hydrogen-bond acceptors (Lipinski definition) is 5. The van der Waals surface area contributed by atoms with Crippen molar-refractivity contribution in [3.05, 3.63) is 18.2 Å². The van der Waals surface area contributed by atoms with Crippen LogP contribution in [0.5, 0.6) is 11.5 Å². The van der Waals surface area contributed by atoms with Gasteiger partial charge in [0, 0.05) is 31.7 Å². The van der Waals surface area contributed by atoms with Gasteiger partial charge >= 0.3 is 0 Å². The van der Waals surface area contributed by atoms with E-state index in [0.29, 0.717) is 44.3 Å². The molecule has 1 N–H and O–H groups in total. The quantitative estimate of drug-likeness (QED) is 0.858. The van der Waals surface area contributed by atoms with Gasteiger partial charge in [-0.3, -0.25) is 0 Å². The van der Waals surface area contributed by atoms with Gasteiger partial charge < -0.3 is 14.8 Å². The van der Waals surface area contributed by atoms with E-state index >= 15 is 0 Å². The summed E-state index contributed by atoms with van der Waals surface area (Å²) in [6.07, 6.45) is 0. The highest BCUT2D eigenvalue weighted by Gasteiger charge is 2.29. The standard InChI is InChI=1S/C13H18N2O4S/c1-10-9-15(5-4-14-10)20(16,17)11-2-3-12-13(8-11)19-7-6-18-12/h2-3,8,10,14H,4-7,9H2,1H3/t10-/m0/s1. The maximum absolute atomic E-state index is 12.6. The van der Waals surface area contributed by atoms with Crippen LogP contribution in [0.2, 0.25) is 0 Å². The van der Waals surface area contributed by atoms with Crippen LogP contribution in [0.15, 0.2) is 23.1 Å². The second-order valence-electron chi connectivity index (χ2n) is 5.02. The van der Waals surface area contributed by atoms with Crippen LogP contribution in [0.1, 0.15) is 6.92 Å². The van der Waals surface area contributed by atoms with Gasteiger partial charge in [-0.15, -0.1) is 0 Å². The summed E-state index contributed by atoms with van der Waals surface area (Å²) in [6, 6.07) is 4.95. The number of fused-ring (bicyclic) bond motifs is 1. The molecule has 2 aliphatic rings. The zero-order chi connectivity index (χ0) is 14.2. The van der Waals surface area contributed by atoms with Gasteiger partial charge in [0.1, 0.15) is 13.2 Å². The number of nitrogens with one attached hydrogen (secondary N) is 1. The van der Waals surface area contributed by atoms with Gasteiger partial charge in [-0.1, -0.05) is 0 Å². The first kappa shape index (κ1) is 13.7. The average Bonchev–Trinajstić information content (AvgIpc) is 2.46. The van der Waals surface area contributed by atoms with Crippen molar-refractivity contribution in [3.63, 3.8) is 0 Å². The number of nitrogens with zero attached hydrogens (tertiary/aromatic N) is 1. The van der Waals surface area contributed by atoms with Gasteiger partial charge in [-0.2, -0.15) is 4.31 Å². The fraction of sp³-hybridized carbons (Fsp3) is 0.538. The van der Waals surface area contributed by atoms with E-state index in [2.05, 4.69) is 5.32 Å². The summed E-state index contributed by atoms with van der Waals surface area (Å²) >= 11 is 0. The minimum Gasteiger partial charge on any atom is -0.486 e. The second-order valence-corrected chi connectivity index (χ2v) is 6.96. The first-order valence-corrected chi connectivity index (χ1v) is 8.14. The Bertz CT molecular complexity index is 602. The lowest BCUT2D eigenvalue weighted by molar-refractivity contribution is 0.171.